The van der Waals surface area contributed by atoms with Gasteiger partial charge in [-0.3, -0.25) is 0 Å². The van der Waals surface area contributed by atoms with E-state index in [1.165, 1.54) is 11.3 Å². The molecule has 0 fully saturated rings. The Bertz CT molecular complexity index is 422. The summed E-state index contributed by atoms with van der Waals surface area (Å²) in [5.41, 5.74) is 0. The van der Waals surface area contributed by atoms with Crippen LogP contribution in [0.15, 0.2) is 18.8 Å². The highest BCUT2D eigenvalue weighted by Gasteiger charge is 2.12. The molecule has 3 nitrogen and oxygen atoms in total. The number of aromatic nitrogens is 2. The standard InChI is InChI=1S/C6HBr2ClN2OS/c7-2-1-3(13-4(2)8)5-10-6(9)11-12-5/h1H. The Kier molecular flexibility index (Phi) is 2.73. The molecule has 2 heterocycles. The Morgan fingerprint density at radius 1 is 1.46 bits per heavy atom. The van der Waals surface area contributed by atoms with E-state index in [4.69, 9.17) is 16.1 Å². The first-order valence-electron chi connectivity index (χ1n) is 3.11. The summed E-state index contributed by atoms with van der Waals surface area (Å²) in [6.07, 6.45) is 0. The van der Waals surface area contributed by atoms with Crippen LogP contribution in [0.4, 0.5) is 0 Å². The quantitative estimate of drug-likeness (QED) is 0.785. The van der Waals surface area contributed by atoms with Crippen molar-refractivity contribution in [2.45, 2.75) is 0 Å². The largest absolute Gasteiger partial charge is 0.332 e. The minimum absolute atomic E-state index is 0.121. The highest BCUT2D eigenvalue weighted by Crippen LogP contribution is 2.37. The topological polar surface area (TPSA) is 38.9 Å². The summed E-state index contributed by atoms with van der Waals surface area (Å²) in [4.78, 5) is 4.77. The lowest BCUT2D eigenvalue weighted by molar-refractivity contribution is 0.431. The SMILES string of the molecule is Clc1noc(-c2cc(Br)c(Br)s2)n1. The van der Waals surface area contributed by atoms with Gasteiger partial charge in [0.2, 0.25) is 0 Å². The van der Waals surface area contributed by atoms with Gasteiger partial charge in [0.05, 0.1) is 8.66 Å². The maximum absolute atomic E-state index is 5.52. The van der Waals surface area contributed by atoms with Crippen LogP contribution in [-0.4, -0.2) is 10.1 Å². The number of nitrogens with zero attached hydrogens (tertiary/aromatic N) is 2. The van der Waals surface area contributed by atoms with E-state index < -0.39 is 0 Å². The normalized spacial score (nSPS) is 10.7. The van der Waals surface area contributed by atoms with E-state index in [0.29, 0.717) is 5.89 Å². The molecule has 0 N–H and O–H groups in total. The fourth-order valence-corrected chi connectivity index (χ4v) is 2.83. The third kappa shape index (κ3) is 1.96. The average molecular weight is 344 g/mol. The Balaban J connectivity index is 2.46. The first-order valence-corrected chi connectivity index (χ1v) is 5.89. The van der Waals surface area contributed by atoms with E-state index in [2.05, 4.69) is 42.0 Å². The molecule has 0 unspecified atom stereocenters. The number of halogens is 3. The van der Waals surface area contributed by atoms with E-state index in [1.54, 1.807) is 0 Å². The molecule has 0 aliphatic rings. The molecule has 0 aliphatic carbocycles. The van der Waals surface area contributed by atoms with Crippen molar-refractivity contribution in [2.75, 3.05) is 0 Å². The fourth-order valence-electron chi connectivity index (χ4n) is 0.758. The lowest BCUT2D eigenvalue weighted by Crippen LogP contribution is -1.68. The zero-order chi connectivity index (χ0) is 9.42. The van der Waals surface area contributed by atoms with Crippen molar-refractivity contribution in [2.24, 2.45) is 0 Å². The maximum Gasteiger partial charge on any atom is 0.269 e. The van der Waals surface area contributed by atoms with Crippen molar-refractivity contribution < 1.29 is 4.52 Å². The van der Waals surface area contributed by atoms with Gasteiger partial charge in [-0.05, 0) is 54.7 Å². The molecule has 68 valence electrons. The van der Waals surface area contributed by atoms with Gasteiger partial charge in [-0.15, -0.1) is 11.3 Å². The van der Waals surface area contributed by atoms with E-state index >= 15 is 0 Å². The summed E-state index contributed by atoms with van der Waals surface area (Å²) < 4.78 is 6.84. The van der Waals surface area contributed by atoms with E-state index in [9.17, 15) is 0 Å². The third-order valence-electron chi connectivity index (χ3n) is 1.26. The van der Waals surface area contributed by atoms with Gasteiger partial charge in [-0.2, -0.15) is 4.98 Å². The van der Waals surface area contributed by atoms with E-state index in [1.807, 2.05) is 6.07 Å². The van der Waals surface area contributed by atoms with Gasteiger partial charge in [-0.1, -0.05) is 0 Å². The first-order chi connectivity index (χ1) is 6.16. The minimum Gasteiger partial charge on any atom is -0.332 e. The molecule has 2 aromatic heterocycles. The minimum atomic E-state index is 0.121. The van der Waals surface area contributed by atoms with Crippen molar-refractivity contribution in [3.05, 3.63) is 19.6 Å². The van der Waals surface area contributed by atoms with Gasteiger partial charge in [0.15, 0.2) is 0 Å². The Labute approximate surface area is 99.4 Å². The Hall–Kier alpha value is 0.0900. The summed E-state index contributed by atoms with van der Waals surface area (Å²) in [5.74, 6) is 0.432. The summed E-state index contributed by atoms with van der Waals surface area (Å²) in [6.45, 7) is 0. The molecule has 13 heavy (non-hydrogen) atoms. The predicted octanol–water partition coefficient (Wildman–Crippen LogP) is 3.98. The lowest BCUT2D eigenvalue weighted by Gasteiger charge is -1.81. The molecular weight excluding hydrogens is 343 g/mol. The van der Waals surface area contributed by atoms with Crippen LogP contribution in [0.1, 0.15) is 0 Å². The average Bonchev–Trinajstić information content (AvgIpc) is 2.61. The molecule has 0 aromatic carbocycles. The van der Waals surface area contributed by atoms with Crippen LogP contribution in [0.2, 0.25) is 5.28 Å². The van der Waals surface area contributed by atoms with Crippen molar-refractivity contribution in [1.82, 2.24) is 10.1 Å². The number of hydrogen-bond acceptors (Lipinski definition) is 4. The Morgan fingerprint density at radius 3 is 2.69 bits per heavy atom. The van der Waals surface area contributed by atoms with E-state index in [0.717, 1.165) is 13.1 Å². The monoisotopic (exact) mass is 342 g/mol. The van der Waals surface area contributed by atoms with Crippen LogP contribution in [0.5, 0.6) is 0 Å². The maximum atomic E-state index is 5.52. The number of hydrogen-bond donors (Lipinski definition) is 0. The van der Waals surface area contributed by atoms with Crippen LogP contribution >= 0.6 is 54.8 Å². The van der Waals surface area contributed by atoms with Crippen LogP contribution in [0.3, 0.4) is 0 Å². The van der Waals surface area contributed by atoms with Crippen molar-refractivity contribution in [3.63, 3.8) is 0 Å². The zero-order valence-electron chi connectivity index (χ0n) is 5.92. The molecule has 0 bridgehead atoms. The number of thiophene rings is 1. The summed E-state index contributed by atoms with van der Waals surface area (Å²) >= 11 is 13.7. The zero-order valence-corrected chi connectivity index (χ0v) is 10.7. The molecule has 7 heteroatoms. The van der Waals surface area contributed by atoms with Gasteiger partial charge in [0.1, 0.15) is 0 Å². The molecule has 0 saturated carbocycles. The molecule has 0 saturated heterocycles. The van der Waals surface area contributed by atoms with Gasteiger partial charge in [0, 0.05) is 4.47 Å². The summed E-state index contributed by atoms with van der Waals surface area (Å²) in [5, 5.41) is 3.61. The van der Waals surface area contributed by atoms with Crippen LogP contribution in [0.25, 0.3) is 10.8 Å². The van der Waals surface area contributed by atoms with Crippen LogP contribution < -0.4 is 0 Å². The highest BCUT2D eigenvalue weighted by atomic mass is 79.9. The molecule has 2 aromatic rings. The lowest BCUT2D eigenvalue weighted by atomic mass is 10.5. The van der Waals surface area contributed by atoms with Crippen molar-refractivity contribution in [1.29, 1.82) is 0 Å². The Morgan fingerprint density at radius 2 is 2.23 bits per heavy atom. The third-order valence-corrected chi connectivity index (χ3v) is 4.65. The van der Waals surface area contributed by atoms with Crippen LogP contribution in [0, 0.1) is 0 Å². The van der Waals surface area contributed by atoms with Crippen molar-refractivity contribution >= 4 is 54.8 Å². The summed E-state index contributed by atoms with van der Waals surface area (Å²) in [6, 6.07) is 1.89. The molecular formula is C6HBr2ClN2OS. The summed E-state index contributed by atoms with van der Waals surface area (Å²) in [7, 11) is 0. The fraction of sp³-hybridized carbons (Fsp3) is 0. The van der Waals surface area contributed by atoms with Gasteiger partial charge >= 0.3 is 0 Å². The molecule has 0 amide bonds. The molecule has 0 atom stereocenters. The first kappa shape index (κ1) is 9.64. The van der Waals surface area contributed by atoms with Crippen LogP contribution in [-0.2, 0) is 0 Å². The molecule has 2 rings (SSSR count). The predicted molar refractivity (Wildman–Crippen MR) is 58.0 cm³/mol. The molecule has 0 spiro atoms. The van der Waals surface area contributed by atoms with Gasteiger partial charge < -0.3 is 4.52 Å². The molecule has 0 radical (unpaired) electrons. The second-order valence-corrected chi connectivity index (χ2v) is 5.66. The second-order valence-electron chi connectivity index (χ2n) is 2.10. The van der Waals surface area contributed by atoms with Crippen molar-refractivity contribution in [3.8, 4) is 10.8 Å². The smallest absolute Gasteiger partial charge is 0.269 e. The van der Waals surface area contributed by atoms with Gasteiger partial charge in [-0.25, -0.2) is 0 Å². The second kappa shape index (κ2) is 3.68. The number of rotatable bonds is 1. The van der Waals surface area contributed by atoms with Gasteiger partial charge in [0.25, 0.3) is 11.2 Å². The molecule has 0 aliphatic heterocycles. The highest BCUT2D eigenvalue weighted by molar-refractivity contribution is 9.13. The van der Waals surface area contributed by atoms with E-state index in [-0.39, 0.29) is 5.28 Å².